The molecule has 0 radical (unpaired) electrons. The number of ether oxygens (including phenoxy) is 1. The fourth-order valence-electron chi connectivity index (χ4n) is 4.32. The zero-order valence-corrected chi connectivity index (χ0v) is 15.5. The van der Waals surface area contributed by atoms with Crippen LogP contribution in [0.5, 0.6) is 5.75 Å². The first kappa shape index (κ1) is 19.5. The number of rotatable bonds is 4. The Labute approximate surface area is 164 Å². The Morgan fingerprint density at radius 1 is 1.24 bits per heavy atom. The van der Waals surface area contributed by atoms with E-state index in [0.717, 1.165) is 25.1 Å². The third-order valence-electron chi connectivity index (χ3n) is 5.60. The average molecular weight is 409 g/mol. The molecule has 154 valence electrons. The summed E-state index contributed by atoms with van der Waals surface area (Å²) < 4.78 is 57.2. The van der Waals surface area contributed by atoms with Gasteiger partial charge < -0.3 is 15.0 Å². The van der Waals surface area contributed by atoms with E-state index in [1.807, 2.05) is 0 Å². The van der Waals surface area contributed by atoms with Gasteiger partial charge in [0.25, 0.3) is 5.91 Å². The quantitative estimate of drug-likeness (QED) is 0.773. The van der Waals surface area contributed by atoms with Crippen LogP contribution in [0.3, 0.4) is 0 Å². The number of halogens is 4. The van der Waals surface area contributed by atoms with Crippen molar-refractivity contribution in [1.82, 2.24) is 9.88 Å². The molecule has 1 N–H and O–H groups in total. The van der Waals surface area contributed by atoms with E-state index in [-0.39, 0.29) is 35.3 Å². The van der Waals surface area contributed by atoms with Gasteiger partial charge in [-0.15, -0.1) is 0 Å². The highest BCUT2D eigenvalue weighted by molar-refractivity contribution is 5.98. The first-order chi connectivity index (χ1) is 13.8. The molecular weight excluding hydrogens is 390 g/mol. The summed E-state index contributed by atoms with van der Waals surface area (Å²) in [6.45, 7) is 0. The largest absolute Gasteiger partial charge is 0.493 e. The van der Waals surface area contributed by atoms with Gasteiger partial charge in [0.2, 0.25) is 0 Å². The predicted octanol–water partition coefficient (Wildman–Crippen LogP) is 4.11. The Balaban J connectivity index is 1.52. The Kier molecular flexibility index (Phi) is 4.84. The molecule has 2 aromatic rings. The molecule has 3 unspecified atom stereocenters. The molecular formula is C20H19F4N3O2. The van der Waals surface area contributed by atoms with Crippen molar-refractivity contribution in [3.05, 3.63) is 53.5 Å². The van der Waals surface area contributed by atoms with Crippen molar-refractivity contribution in [2.45, 2.75) is 43.6 Å². The molecule has 9 heteroatoms. The van der Waals surface area contributed by atoms with E-state index in [0.29, 0.717) is 12.2 Å². The van der Waals surface area contributed by atoms with Gasteiger partial charge in [-0.1, -0.05) is 6.07 Å². The second kappa shape index (κ2) is 7.20. The molecule has 0 saturated carbocycles. The molecule has 2 aliphatic heterocycles. The molecule has 2 fully saturated rings. The monoisotopic (exact) mass is 409 g/mol. The van der Waals surface area contributed by atoms with Gasteiger partial charge in [-0.25, -0.2) is 9.37 Å². The number of aromatic nitrogens is 1. The minimum Gasteiger partial charge on any atom is -0.493 e. The maximum atomic E-state index is 14.0. The molecule has 29 heavy (non-hydrogen) atoms. The Bertz CT molecular complexity index is 917. The van der Waals surface area contributed by atoms with Crippen LogP contribution in [0.4, 0.5) is 23.4 Å². The number of nitrogens with zero attached hydrogens (tertiary/aromatic N) is 2. The van der Waals surface area contributed by atoms with Crippen LogP contribution in [0.15, 0.2) is 36.5 Å². The third-order valence-corrected chi connectivity index (χ3v) is 5.60. The van der Waals surface area contributed by atoms with Gasteiger partial charge in [0.05, 0.1) is 24.3 Å². The number of para-hydroxylation sites is 1. The van der Waals surface area contributed by atoms with Crippen molar-refractivity contribution < 1.29 is 27.1 Å². The molecule has 1 amide bonds. The number of hydrogen-bond acceptors (Lipinski definition) is 4. The van der Waals surface area contributed by atoms with Gasteiger partial charge in [0.1, 0.15) is 5.82 Å². The first-order valence-corrected chi connectivity index (χ1v) is 9.24. The summed E-state index contributed by atoms with van der Waals surface area (Å²) >= 11 is 0. The van der Waals surface area contributed by atoms with Crippen molar-refractivity contribution in [3.8, 4) is 5.75 Å². The van der Waals surface area contributed by atoms with Gasteiger partial charge in [-0.3, -0.25) is 4.79 Å². The number of alkyl halides is 3. The van der Waals surface area contributed by atoms with Gasteiger partial charge in [-0.2, -0.15) is 13.2 Å². The third kappa shape index (κ3) is 3.49. The summed E-state index contributed by atoms with van der Waals surface area (Å²) in [6, 6.07) is 6.18. The fourth-order valence-corrected chi connectivity index (χ4v) is 4.32. The normalized spacial score (nSPS) is 23.3. The van der Waals surface area contributed by atoms with Gasteiger partial charge in [-0.05, 0) is 43.5 Å². The molecule has 3 atom stereocenters. The Morgan fingerprint density at radius 2 is 2.03 bits per heavy atom. The lowest BCUT2D eigenvalue weighted by atomic mass is 9.95. The molecule has 1 aromatic carbocycles. The zero-order valence-electron chi connectivity index (χ0n) is 15.5. The van der Waals surface area contributed by atoms with Gasteiger partial charge >= 0.3 is 6.18 Å². The maximum absolute atomic E-state index is 14.0. The summed E-state index contributed by atoms with van der Waals surface area (Å²) in [4.78, 5) is 18.7. The smallest absolute Gasteiger partial charge is 0.417 e. The second-order valence-corrected chi connectivity index (χ2v) is 7.25. The van der Waals surface area contributed by atoms with E-state index in [4.69, 9.17) is 4.74 Å². The van der Waals surface area contributed by atoms with Crippen LogP contribution in [0, 0.1) is 5.82 Å². The van der Waals surface area contributed by atoms with Crippen LogP contribution in [0.25, 0.3) is 0 Å². The summed E-state index contributed by atoms with van der Waals surface area (Å²) in [5, 5.41) is 3.15. The highest BCUT2D eigenvalue weighted by atomic mass is 19.4. The van der Waals surface area contributed by atoms with E-state index >= 15 is 0 Å². The molecule has 5 nitrogen and oxygen atoms in total. The molecule has 2 bridgehead atoms. The average Bonchev–Trinajstić information content (AvgIpc) is 3.24. The molecule has 3 heterocycles. The van der Waals surface area contributed by atoms with E-state index in [1.165, 1.54) is 31.4 Å². The molecule has 1 aromatic heterocycles. The summed E-state index contributed by atoms with van der Waals surface area (Å²) in [7, 11) is 1.31. The van der Waals surface area contributed by atoms with Crippen molar-refractivity contribution in [1.29, 1.82) is 0 Å². The fraction of sp³-hybridized carbons (Fsp3) is 0.400. The summed E-state index contributed by atoms with van der Waals surface area (Å²) in [5.74, 6) is -0.670. The lowest BCUT2D eigenvalue weighted by Gasteiger charge is -2.26. The molecule has 4 rings (SSSR count). The predicted molar refractivity (Wildman–Crippen MR) is 97.2 cm³/mol. The standard InChI is InChI=1S/C20H19F4N3O2/c1-29-18-13(3-2-4-14(18)21)19(28)27-12-6-7-16(27)15(9-12)26-17-8-5-11(10-25-17)20(22,23)24/h2-5,8,10,12,15-16H,6-7,9H2,1H3,(H,25,26). The van der Waals surface area contributed by atoms with Crippen LogP contribution in [0.1, 0.15) is 35.2 Å². The first-order valence-electron chi connectivity index (χ1n) is 9.24. The number of pyridine rings is 1. The lowest BCUT2D eigenvalue weighted by molar-refractivity contribution is -0.137. The minimum absolute atomic E-state index is 0.0209. The Morgan fingerprint density at radius 3 is 2.69 bits per heavy atom. The minimum atomic E-state index is -4.44. The Hall–Kier alpha value is -2.84. The number of fused-ring (bicyclic) bond motifs is 2. The molecule has 2 aliphatic rings. The van der Waals surface area contributed by atoms with E-state index < -0.39 is 17.6 Å². The number of nitrogens with one attached hydrogen (secondary N) is 1. The van der Waals surface area contributed by atoms with E-state index in [1.54, 1.807) is 4.90 Å². The van der Waals surface area contributed by atoms with Crippen LogP contribution >= 0.6 is 0 Å². The van der Waals surface area contributed by atoms with E-state index in [9.17, 15) is 22.4 Å². The number of amides is 1. The van der Waals surface area contributed by atoms with Gasteiger partial charge in [0, 0.05) is 18.3 Å². The number of anilines is 1. The van der Waals surface area contributed by atoms with Crippen molar-refractivity contribution >= 4 is 11.7 Å². The maximum Gasteiger partial charge on any atom is 0.417 e. The molecule has 0 spiro atoms. The van der Waals surface area contributed by atoms with Crippen molar-refractivity contribution in [2.75, 3.05) is 12.4 Å². The summed E-state index contributed by atoms with van der Waals surface area (Å²) in [5.41, 5.74) is -0.649. The molecule has 2 saturated heterocycles. The highest BCUT2D eigenvalue weighted by Crippen LogP contribution is 2.41. The number of hydrogen-bond donors (Lipinski definition) is 1. The van der Waals surface area contributed by atoms with Gasteiger partial charge in [0.15, 0.2) is 11.6 Å². The number of carbonyl (C=O) groups is 1. The summed E-state index contributed by atoms with van der Waals surface area (Å²) in [6.07, 6.45) is -1.42. The topological polar surface area (TPSA) is 54.5 Å². The zero-order chi connectivity index (χ0) is 20.8. The highest BCUT2D eigenvalue weighted by Gasteiger charge is 2.49. The van der Waals surface area contributed by atoms with Crippen LogP contribution in [-0.4, -0.2) is 41.0 Å². The number of carbonyl (C=O) groups excluding carboxylic acids is 1. The molecule has 0 aliphatic carbocycles. The van der Waals surface area contributed by atoms with Crippen molar-refractivity contribution in [2.24, 2.45) is 0 Å². The van der Waals surface area contributed by atoms with Crippen molar-refractivity contribution in [3.63, 3.8) is 0 Å². The van der Waals surface area contributed by atoms with Crippen LogP contribution in [0.2, 0.25) is 0 Å². The van der Waals surface area contributed by atoms with Crippen LogP contribution < -0.4 is 10.1 Å². The number of benzene rings is 1. The van der Waals surface area contributed by atoms with Crippen LogP contribution in [-0.2, 0) is 6.18 Å². The SMILES string of the molecule is COc1c(F)cccc1C(=O)N1C2CCC1C(Nc1ccc(C(F)(F)F)cn1)C2. The van der Waals surface area contributed by atoms with E-state index in [2.05, 4.69) is 10.3 Å². The second-order valence-electron chi connectivity index (χ2n) is 7.25. The number of methoxy groups -OCH3 is 1. The lowest BCUT2D eigenvalue weighted by Crippen LogP contribution is -2.40.